The van der Waals surface area contributed by atoms with Gasteiger partial charge in [0.25, 0.3) is 0 Å². The third-order valence-electron chi connectivity index (χ3n) is 3.74. The molecule has 1 aromatic carbocycles. The van der Waals surface area contributed by atoms with Crippen molar-refractivity contribution >= 4 is 0 Å². The molecule has 2 unspecified atom stereocenters. The van der Waals surface area contributed by atoms with Gasteiger partial charge in [0.2, 0.25) is 0 Å². The number of aliphatic hydroxyl groups is 1. The van der Waals surface area contributed by atoms with E-state index in [1.807, 2.05) is 6.92 Å². The van der Waals surface area contributed by atoms with Gasteiger partial charge in [-0.05, 0) is 37.5 Å². The fraction of sp³-hybridized carbons (Fsp3) is 0.571. The Balaban J connectivity index is 2.17. The van der Waals surface area contributed by atoms with E-state index in [0.29, 0.717) is 13.0 Å². The maximum atomic E-state index is 10.4. The fourth-order valence-corrected chi connectivity index (χ4v) is 2.27. The minimum atomic E-state index is -0.679. The molecule has 1 aromatic rings. The summed E-state index contributed by atoms with van der Waals surface area (Å²) in [7, 11) is 0. The Bertz CT molecular complexity index is 386. The predicted octanol–water partition coefficient (Wildman–Crippen LogP) is 2.39. The molecule has 1 aliphatic heterocycles. The van der Waals surface area contributed by atoms with Crippen LogP contribution in [0.1, 0.15) is 30.0 Å². The standard InChI is InChI=1S/C14H20O2/c1-10-4-5-13(8-11(10)2)9-14(15)6-7-16-12(14)3/h4-5,8,12,15H,6-7,9H2,1-3H3. The zero-order valence-corrected chi connectivity index (χ0v) is 10.3. The van der Waals surface area contributed by atoms with Crippen LogP contribution in [0.2, 0.25) is 0 Å². The van der Waals surface area contributed by atoms with E-state index >= 15 is 0 Å². The average Bonchev–Trinajstić information content (AvgIpc) is 2.53. The number of rotatable bonds is 2. The van der Waals surface area contributed by atoms with Crippen LogP contribution in [0.25, 0.3) is 0 Å². The summed E-state index contributed by atoms with van der Waals surface area (Å²) in [5, 5.41) is 10.4. The first-order chi connectivity index (χ1) is 7.51. The van der Waals surface area contributed by atoms with E-state index in [9.17, 15) is 5.11 Å². The molecule has 0 aromatic heterocycles. The zero-order valence-electron chi connectivity index (χ0n) is 10.3. The molecule has 1 aliphatic rings. The summed E-state index contributed by atoms with van der Waals surface area (Å²) in [5.74, 6) is 0. The SMILES string of the molecule is Cc1ccc(CC2(O)CCOC2C)cc1C. The first-order valence-electron chi connectivity index (χ1n) is 5.91. The Hall–Kier alpha value is -0.860. The monoisotopic (exact) mass is 220 g/mol. The lowest BCUT2D eigenvalue weighted by Gasteiger charge is -2.26. The van der Waals surface area contributed by atoms with Gasteiger partial charge in [-0.25, -0.2) is 0 Å². The molecule has 0 aliphatic carbocycles. The first-order valence-corrected chi connectivity index (χ1v) is 5.91. The van der Waals surface area contributed by atoms with Crippen molar-refractivity contribution in [3.05, 3.63) is 34.9 Å². The summed E-state index contributed by atoms with van der Waals surface area (Å²) in [6.07, 6.45) is 1.37. The summed E-state index contributed by atoms with van der Waals surface area (Å²) in [6, 6.07) is 6.39. The molecule has 0 amide bonds. The molecule has 1 saturated heterocycles. The van der Waals surface area contributed by atoms with Gasteiger partial charge in [-0.1, -0.05) is 18.2 Å². The van der Waals surface area contributed by atoms with Crippen LogP contribution in [0.3, 0.4) is 0 Å². The second-order valence-corrected chi connectivity index (χ2v) is 4.96. The van der Waals surface area contributed by atoms with Gasteiger partial charge < -0.3 is 9.84 Å². The van der Waals surface area contributed by atoms with Crippen LogP contribution in [0, 0.1) is 13.8 Å². The minimum absolute atomic E-state index is 0.0610. The average molecular weight is 220 g/mol. The molecule has 1 N–H and O–H groups in total. The summed E-state index contributed by atoms with van der Waals surface area (Å²) in [4.78, 5) is 0. The number of ether oxygens (including phenoxy) is 1. The lowest BCUT2D eigenvalue weighted by Crippen LogP contribution is -2.38. The second-order valence-electron chi connectivity index (χ2n) is 4.96. The topological polar surface area (TPSA) is 29.5 Å². The molecular formula is C14H20O2. The van der Waals surface area contributed by atoms with Gasteiger partial charge >= 0.3 is 0 Å². The highest BCUT2D eigenvalue weighted by atomic mass is 16.5. The Labute approximate surface area is 97.3 Å². The van der Waals surface area contributed by atoms with Crippen LogP contribution < -0.4 is 0 Å². The van der Waals surface area contributed by atoms with Crippen molar-refractivity contribution in [3.8, 4) is 0 Å². The van der Waals surface area contributed by atoms with Crippen molar-refractivity contribution in [2.75, 3.05) is 6.61 Å². The van der Waals surface area contributed by atoms with Gasteiger partial charge in [0.15, 0.2) is 0 Å². The molecule has 0 bridgehead atoms. The second kappa shape index (κ2) is 4.19. The van der Waals surface area contributed by atoms with Crippen LogP contribution in [0.15, 0.2) is 18.2 Å². The molecule has 1 heterocycles. The molecule has 2 rings (SSSR count). The van der Waals surface area contributed by atoms with Gasteiger partial charge in [0.1, 0.15) is 0 Å². The van der Waals surface area contributed by atoms with Crippen molar-refractivity contribution < 1.29 is 9.84 Å². The van der Waals surface area contributed by atoms with Gasteiger partial charge in [-0.15, -0.1) is 0 Å². The van der Waals surface area contributed by atoms with Gasteiger partial charge in [0, 0.05) is 19.4 Å². The first kappa shape index (κ1) is 11.6. The Kier molecular flexibility index (Phi) is 3.04. The summed E-state index contributed by atoms with van der Waals surface area (Å²) in [5.41, 5.74) is 3.10. The molecular weight excluding hydrogens is 200 g/mol. The minimum Gasteiger partial charge on any atom is -0.387 e. The maximum Gasteiger partial charge on any atom is 0.0967 e. The number of aryl methyl sites for hydroxylation is 2. The Morgan fingerprint density at radius 1 is 1.38 bits per heavy atom. The van der Waals surface area contributed by atoms with Crippen LogP contribution in [-0.2, 0) is 11.2 Å². The highest BCUT2D eigenvalue weighted by Crippen LogP contribution is 2.29. The quantitative estimate of drug-likeness (QED) is 0.829. The largest absolute Gasteiger partial charge is 0.387 e. The fourth-order valence-electron chi connectivity index (χ4n) is 2.27. The van der Waals surface area contributed by atoms with Gasteiger partial charge in [-0.3, -0.25) is 0 Å². The van der Waals surface area contributed by atoms with E-state index in [1.54, 1.807) is 0 Å². The van der Waals surface area contributed by atoms with Crippen LogP contribution >= 0.6 is 0 Å². The van der Waals surface area contributed by atoms with Crippen molar-refractivity contribution in [1.82, 2.24) is 0 Å². The Morgan fingerprint density at radius 2 is 2.12 bits per heavy atom. The highest BCUT2D eigenvalue weighted by Gasteiger charge is 2.39. The molecule has 0 spiro atoms. The third-order valence-corrected chi connectivity index (χ3v) is 3.74. The molecule has 0 saturated carbocycles. The summed E-state index contributed by atoms with van der Waals surface area (Å²) >= 11 is 0. The summed E-state index contributed by atoms with van der Waals surface area (Å²) < 4.78 is 5.44. The van der Waals surface area contributed by atoms with E-state index in [1.165, 1.54) is 16.7 Å². The molecule has 2 atom stereocenters. The molecule has 88 valence electrons. The van der Waals surface area contributed by atoms with Crippen LogP contribution in [-0.4, -0.2) is 23.4 Å². The molecule has 16 heavy (non-hydrogen) atoms. The van der Waals surface area contributed by atoms with Crippen molar-refractivity contribution in [2.24, 2.45) is 0 Å². The number of benzene rings is 1. The normalized spacial score (nSPS) is 29.6. The van der Waals surface area contributed by atoms with E-state index in [2.05, 4.69) is 32.0 Å². The predicted molar refractivity (Wildman–Crippen MR) is 64.6 cm³/mol. The smallest absolute Gasteiger partial charge is 0.0967 e. The van der Waals surface area contributed by atoms with Crippen LogP contribution in [0.4, 0.5) is 0 Å². The van der Waals surface area contributed by atoms with E-state index in [0.717, 1.165) is 6.42 Å². The lowest BCUT2D eigenvalue weighted by molar-refractivity contribution is -0.0268. The number of hydrogen-bond acceptors (Lipinski definition) is 2. The molecule has 1 fully saturated rings. The maximum absolute atomic E-state index is 10.4. The van der Waals surface area contributed by atoms with Crippen LogP contribution in [0.5, 0.6) is 0 Å². The zero-order chi connectivity index (χ0) is 11.8. The molecule has 0 radical (unpaired) electrons. The lowest BCUT2D eigenvalue weighted by atomic mass is 9.88. The Morgan fingerprint density at radius 3 is 2.69 bits per heavy atom. The van der Waals surface area contributed by atoms with E-state index in [4.69, 9.17) is 4.74 Å². The van der Waals surface area contributed by atoms with Crippen molar-refractivity contribution in [3.63, 3.8) is 0 Å². The van der Waals surface area contributed by atoms with Gasteiger partial charge in [0.05, 0.1) is 11.7 Å². The molecule has 2 nitrogen and oxygen atoms in total. The summed E-state index contributed by atoms with van der Waals surface area (Å²) in [6.45, 7) is 6.84. The highest BCUT2D eigenvalue weighted by molar-refractivity contribution is 5.31. The third kappa shape index (κ3) is 2.13. The van der Waals surface area contributed by atoms with Crippen molar-refractivity contribution in [1.29, 1.82) is 0 Å². The van der Waals surface area contributed by atoms with E-state index < -0.39 is 5.60 Å². The van der Waals surface area contributed by atoms with E-state index in [-0.39, 0.29) is 6.10 Å². The number of hydrogen-bond donors (Lipinski definition) is 1. The van der Waals surface area contributed by atoms with Crippen molar-refractivity contribution in [2.45, 2.75) is 45.3 Å². The van der Waals surface area contributed by atoms with Gasteiger partial charge in [-0.2, -0.15) is 0 Å². The molecule has 2 heteroatoms.